The minimum Gasteiger partial charge on any atom is -0.355 e. The zero-order valence-corrected chi connectivity index (χ0v) is 21.6. The number of amides is 2. The molecule has 0 aromatic heterocycles. The zero-order chi connectivity index (χ0) is 27.2. The predicted molar refractivity (Wildman–Crippen MR) is 137 cm³/mol. The van der Waals surface area contributed by atoms with Crippen LogP contribution in [0.3, 0.4) is 0 Å². The monoisotopic (exact) mass is 529 g/mol. The van der Waals surface area contributed by atoms with E-state index in [1.165, 1.54) is 25.1 Å². The number of hydrogen-bond donors (Lipinski definition) is 1. The summed E-state index contributed by atoms with van der Waals surface area (Å²) in [5.41, 5.74) is 1.26. The summed E-state index contributed by atoms with van der Waals surface area (Å²) in [4.78, 5) is 27.2. The van der Waals surface area contributed by atoms with Crippen molar-refractivity contribution < 1.29 is 26.8 Å². The van der Waals surface area contributed by atoms with Crippen LogP contribution in [0.15, 0.2) is 77.7 Å². The highest BCUT2D eigenvalue weighted by molar-refractivity contribution is 7.92. The molecule has 0 saturated heterocycles. The van der Waals surface area contributed by atoms with Crippen LogP contribution in [-0.4, -0.2) is 44.3 Å². The summed E-state index contributed by atoms with van der Waals surface area (Å²) < 4.78 is 56.0. The summed E-state index contributed by atoms with van der Waals surface area (Å²) in [6.45, 7) is 4.46. The van der Waals surface area contributed by atoms with Crippen molar-refractivity contribution in [2.75, 3.05) is 17.4 Å². The number of carbonyl (C=O) groups excluding carboxylic acids is 2. The number of benzene rings is 3. The number of likely N-dealkylation sites (N-methyl/N-ethyl adjacent to an activating group) is 1. The Hall–Kier alpha value is -3.79. The minimum absolute atomic E-state index is 0.176. The zero-order valence-electron chi connectivity index (χ0n) is 20.8. The Morgan fingerprint density at radius 2 is 1.57 bits per heavy atom. The van der Waals surface area contributed by atoms with Crippen LogP contribution >= 0.6 is 0 Å². The highest BCUT2D eigenvalue weighted by atomic mass is 32.2. The summed E-state index contributed by atoms with van der Waals surface area (Å²) in [5, 5.41) is 2.64. The molecule has 0 heterocycles. The van der Waals surface area contributed by atoms with Gasteiger partial charge in [0.25, 0.3) is 10.0 Å². The Balaban J connectivity index is 2.03. The molecule has 10 heteroatoms. The van der Waals surface area contributed by atoms with Crippen molar-refractivity contribution in [3.05, 3.63) is 95.6 Å². The van der Waals surface area contributed by atoms with Crippen molar-refractivity contribution in [2.24, 2.45) is 0 Å². The van der Waals surface area contributed by atoms with Crippen LogP contribution in [0.4, 0.5) is 14.5 Å². The highest BCUT2D eigenvalue weighted by Crippen LogP contribution is 2.25. The van der Waals surface area contributed by atoms with E-state index in [4.69, 9.17) is 0 Å². The van der Waals surface area contributed by atoms with E-state index in [-0.39, 0.29) is 22.7 Å². The molecule has 196 valence electrons. The first-order chi connectivity index (χ1) is 17.5. The summed E-state index contributed by atoms with van der Waals surface area (Å²) in [7, 11) is -4.30. The fourth-order valence-corrected chi connectivity index (χ4v) is 5.10. The number of aryl methyl sites for hydroxylation is 1. The lowest BCUT2D eigenvalue weighted by atomic mass is 10.1. The fourth-order valence-electron chi connectivity index (χ4n) is 3.69. The van der Waals surface area contributed by atoms with Gasteiger partial charge in [-0.2, -0.15) is 0 Å². The summed E-state index contributed by atoms with van der Waals surface area (Å²) in [6.07, 6.45) is 0. The number of nitrogens with zero attached hydrogens (tertiary/aromatic N) is 2. The summed E-state index contributed by atoms with van der Waals surface area (Å²) >= 11 is 0. The molecule has 0 radical (unpaired) electrons. The fraction of sp³-hybridized carbons (Fsp3) is 0.259. The van der Waals surface area contributed by atoms with Crippen LogP contribution in [0.5, 0.6) is 0 Å². The van der Waals surface area contributed by atoms with Crippen molar-refractivity contribution in [1.82, 2.24) is 10.2 Å². The van der Waals surface area contributed by atoms with Crippen molar-refractivity contribution in [2.45, 2.75) is 38.3 Å². The average molecular weight is 530 g/mol. The Kier molecular flexibility index (Phi) is 8.99. The van der Waals surface area contributed by atoms with Crippen LogP contribution in [0.1, 0.15) is 25.0 Å². The SMILES string of the molecule is CCNC(=O)C(C)N(Cc1ccccc1F)C(=O)CN(c1ccc(C)cc1)S(=O)(=O)c1ccc(F)cc1. The van der Waals surface area contributed by atoms with Gasteiger partial charge < -0.3 is 10.2 Å². The molecular weight excluding hydrogens is 500 g/mol. The first-order valence-corrected chi connectivity index (χ1v) is 13.1. The molecule has 0 spiro atoms. The second-order valence-corrected chi connectivity index (χ2v) is 10.3. The maximum Gasteiger partial charge on any atom is 0.264 e. The van der Waals surface area contributed by atoms with E-state index < -0.39 is 46.1 Å². The maximum absolute atomic E-state index is 14.5. The number of rotatable bonds is 10. The van der Waals surface area contributed by atoms with Gasteiger partial charge in [-0.1, -0.05) is 35.9 Å². The molecule has 0 aliphatic heterocycles. The molecular formula is C27H29F2N3O4S. The molecule has 37 heavy (non-hydrogen) atoms. The van der Waals surface area contributed by atoms with Crippen LogP contribution in [-0.2, 0) is 26.2 Å². The van der Waals surface area contributed by atoms with Gasteiger partial charge in [0, 0.05) is 18.7 Å². The largest absolute Gasteiger partial charge is 0.355 e. The number of sulfonamides is 1. The van der Waals surface area contributed by atoms with Gasteiger partial charge in [-0.3, -0.25) is 13.9 Å². The van der Waals surface area contributed by atoms with Crippen LogP contribution in [0.25, 0.3) is 0 Å². The second kappa shape index (κ2) is 12.0. The van der Waals surface area contributed by atoms with E-state index in [2.05, 4.69) is 5.32 Å². The van der Waals surface area contributed by atoms with Crippen LogP contribution in [0.2, 0.25) is 0 Å². The Morgan fingerprint density at radius 3 is 2.16 bits per heavy atom. The molecule has 1 unspecified atom stereocenters. The van der Waals surface area contributed by atoms with Crippen molar-refractivity contribution >= 4 is 27.5 Å². The lowest BCUT2D eigenvalue weighted by molar-refractivity contribution is -0.139. The van der Waals surface area contributed by atoms with Gasteiger partial charge in [-0.15, -0.1) is 0 Å². The van der Waals surface area contributed by atoms with E-state index in [1.54, 1.807) is 37.3 Å². The number of hydrogen-bond acceptors (Lipinski definition) is 4. The standard InChI is InChI=1S/C27H29F2N3O4S/c1-4-30-27(34)20(3)31(17-21-7-5-6-8-25(21)29)26(33)18-32(23-13-9-19(2)10-14-23)37(35,36)24-15-11-22(28)12-16-24/h5-16,20H,4,17-18H2,1-3H3,(H,30,34). The Morgan fingerprint density at radius 1 is 0.946 bits per heavy atom. The molecule has 0 bridgehead atoms. The van der Waals surface area contributed by atoms with Gasteiger partial charge in [0.2, 0.25) is 11.8 Å². The lowest BCUT2D eigenvalue weighted by Gasteiger charge is -2.32. The van der Waals surface area contributed by atoms with E-state index in [0.717, 1.165) is 39.0 Å². The van der Waals surface area contributed by atoms with Crippen molar-refractivity contribution in [3.63, 3.8) is 0 Å². The van der Waals surface area contributed by atoms with Crippen molar-refractivity contribution in [1.29, 1.82) is 0 Å². The quantitative estimate of drug-likeness (QED) is 0.430. The molecule has 0 aliphatic rings. The Bertz CT molecular complexity index is 1350. The third-order valence-electron chi connectivity index (χ3n) is 5.82. The molecule has 1 N–H and O–H groups in total. The minimum atomic E-state index is -4.30. The molecule has 0 fully saturated rings. The average Bonchev–Trinajstić information content (AvgIpc) is 2.87. The molecule has 3 rings (SSSR count). The van der Waals surface area contributed by atoms with Crippen LogP contribution in [0, 0.1) is 18.6 Å². The maximum atomic E-state index is 14.5. The lowest BCUT2D eigenvalue weighted by Crippen LogP contribution is -2.51. The summed E-state index contributed by atoms with van der Waals surface area (Å²) in [5.74, 6) is -2.34. The third-order valence-corrected chi connectivity index (χ3v) is 7.61. The molecule has 3 aromatic carbocycles. The van der Waals surface area contributed by atoms with Crippen LogP contribution < -0.4 is 9.62 Å². The molecule has 3 aromatic rings. The number of anilines is 1. The normalized spacial score (nSPS) is 12.0. The first kappa shape index (κ1) is 27.8. The molecule has 2 amide bonds. The molecule has 1 atom stereocenters. The predicted octanol–water partition coefficient (Wildman–Crippen LogP) is 4.02. The van der Waals surface area contributed by atoms with E-state index in [9.17, 15) is 26.8 Å². The number of nitrogens with one attached hydrogen (secondary N) is 1. The molecule has 0 aliphatic carbocycles. The van der Waals surface area contributed by atoms with Gasteiger partial charge >= 0.3 is 0 Å². The van der Waals surface area contributed by atoms with Gasteiger partial charge in [-0.25, -0.2) is 17.2 Å². The van der Waals surface area contributed by atoms with Gasteiger partial charge in [-0.05, 0) is 63.2 Å². The number of carbonyl (C=O) groups is 2. The third kappa shape index (κ3) is 6.71. The highest BCUT2D eigenvalue weighted by Gasteiger charge is 2.32. The van der Waals surface area contributed by atoms with E-state index >= 15 is 0 Å². The molecule has 0 saturated carbocycles. The second-order valence-electron chi connectivity index (χ2n) is 8.48. The number of halogens is 2. The van der Waals surface area contributed by atoms with Gasteiger partial charge in [0.15, 0.2) is 0 Å². The summed E-state index contributed by atoms with van der Waals surface area (Å²) in [6, 6.07) is 15.6. The first-order valence-electron chi connectivity index (χ1n) is 11.7. The van der Waals surface area contributed by atoms with Gasteiger partial charge in [0.1, 0.15) is 24.2 Å². The van der Waals surface area contributed by atoms with Gasteiger partial charge in [0.05, 0.1) is 10.6 Å². The topological polar surface area (TPSA) is 86.8 Å². The smallest absolute Gasteiger partial charge is 0.264 e. The van der Waals surface area contributed by atoms with E-state index in [0.29, 0.717) is 6.54 Å². The van der Waals surface area contributed by atoms with Crippen molar-refractivity contribution in [3.8, 4) is 0 Å². The van der Waals surface area contributed by atoms with E-state index in [1.807, 2.05) is 6.92 Å². The Labute approximate surface area is 215 Å². The molecule has 7 nitrogen and oxygen atoms in total.